The number of rotatable bonds is 9. The van der Waals surface area contributed by atoms with E-state index in [0.29, 0.717) is 5.75 Å². The zero-order valence-electron chi connectivity index (χ0n) is 12.9. The van der Waals surface area contributed by atoms with Crippen LogP contribution in [0.25, 0.3) is 0 Å². The van der Waals surface area contributed by atoms with Crippen molar-refractivity contribution in [3.8, 4) is 5.75 Å². The molecule has 1 amide bonds. The van der Waals surface area contributed by atoms with Gasteiger partial charge in [-0.05, 0) is 18.1 Å². The lowest BCUT2D eigenvalue weighted by Gasteiger charge is -2.10. The number of esters is 1. The van der Waals surface area contributed by atoms with Crippen molar-refractivity contribution in [2.75, 3.05) is 20.3 Å². The number of ether oxygens (including phenoxy) is 2. The molecule has 22 heavy (non-hydrogen) atoms. The minimum atomic E-state index is -0.445. The van der Waals surface area contributed by atoms with Crippen molar-refractivity contribution in [1.82, 2.24) is 5.32 Å². The van der Waals surface area contributed by atoms with E-state index in [9.17, 15) is 14.4 Å². The van der Waals surface area contributed by atoms with Gasteiger partial charge in [0.15, 0.2) is 12.4 Å². The third kappa shape index (κ3) is 6.39. The van der Waals surface area contributed by atoms with Gasteiger partial charge in [-0.15, -0.1) is 0 Å². The molecule has 0 radical (unpaired) electrons. The molecule has 1 rings (SSSR count). The molecule has 0 bridgehead atoms. The Hall–Kier alpha value is -2.37. The molecule has 1 N–H and O–H groups in total. The van der Waals surface area contributed by atoms with E-state index in [2.05, 4.69) is 10.1 Å². The van der Waals surface area contributed by atoms with Crippen LogP contribution >= 0.6 is 0 Å². The van der Waals surface area contributed by atoms with Crippen LogP contribution in [0.5, 0.6) is 5.75 Å². The fraction of sp³-hybridized carbons (Fsp3) is 0.438. The summed E-state index contributed by atoms with van der Waals surface area (Å²) in [5.41, 5.74) is 1.02. The third-order valence-electron chi connectivity index (χ3n) is 3.03. The molecule has 0 aliphatic rings. The van der Waals surface area contributed by atoms with E-state index >= 15 is 0 Å². The zero-order valence-corrected chi connectivity index (χ0v) is 12.9. The highest BCUT2D eigenvalue weighted by Crippen LogP contribution is 2.17. The van der Waals surface area contributed by atoms with Gasteiger partial charge < -0.3 is 14.8 Å². The summed E-state index contributed by atoms with van der Waals surface area (Å²) < 4.78 is 9.88. The van der Waals surface area contributed by atoms with E-state index in [-0.39, 0.29) is 37.7 Å². The van der Waals surface area contributed by atoms with Crippen molar-refractivity contribution in [2.45, 2.75) is 26.2 Å². The van der Waals surface area contributed by atoms with Crippen LogP contribution in [-0.2, 0) is 25.5 Å². The molecule has 0 heterocycles. The smallest absolute Gasteiger partial charge is 0.305 e. The summed E-state index contributed by atoms with van der Waals surface area (Å²) in [4.78, 5) is 34.0. The number of hydrogen-bond acceptors (Lipinski definition) is 5. The van der Waals surface area contributed by atoms with E-state index in [1.54, 1.807) is 6.07 Å². The summed E-state index contributed by atoms with van der Waals surface area (Å²) in [6.07, 6.45) is 0.877. The summed E-state index contributed by atoms with van der Waals surface area (Å²) in [5, 5.41) is 2.47. The number of benzene rings is 1. The molecular formula is C16H21NO5. The fourth-order valence-electron chi connectivity index (χ4n) is 1.76. The molecule has 1 aromatic rings. The molecule has 6 nitrogen and oxygen atoms in total. The number of nitrogens with one attached hydrogen (secondary N) is 1. The third-order valence-corrected chi connectivity index (χ3v) is 3.03. The Morgan fingerprint density at radius 2 is 1.86 bits per heavy atom. The number of carbonyl (C=O) groups excluding carboxylic acids is 3. The minimum Gasteiger partial charge on any atom is -0.483 e. The predicted octanol–water partition coefficient (Wildman–Crippen LogP) is 1.27. The molecule has 0 aliphatic heterocycles. The van der Waals surface area contributed by atoms with Crippen LogP contribution in [-0.4, -0.2) is 37.9 Å². The molecule has 0 saturated carbocycles. The average molecular weight is 307 g/mol. The summed E-state index contributed by atoms with van der Waals surface area (Å²) in [5.74, 6) is -0.388. The van der Waals surface area contributed by atoms with E-state index in [1.807, 2.05) is 25.1 Å². The molecule has 0 unspecified atom stereocenters. The Labute approximate surface area is 129 Å². The van der Waals surface area contributed by atoms with E-state index in [0.717, 1.165) is 12.0 Å². The Morgan fingerprint density at radius 1 is 1.14 bits per heavy atom. The number of methoxy groups -OCH3 is 1. The topological polar surface area (TPSA) is 81.7 Å². The van der Waals surface area contributed by atoms with E-state index in [1.165, 1.54) is 7.11 Å². The van der Waals surface area contributed by atoms with Crippen molar-refractivity contribution in [3.05, 3.63) is 29.8 Å². The first-order valence-electron chi connectivity index (χ1n) is 7.12. The van der Waals surface area contributed by atoms with Crippen molar-refractivity contribution < 1.29 is 23.9 Å². The van der Waals surface area contributed by atoms with E-state index < -0.39 is 5.97 Å². The highest BCUT2D eigenvalue weighted by Gasteiger charge is 2.10. The maximum absolute atomic E-state index is 11.6. The largest absolute Gasteiger partial charge is 0.483 e. The van der Waals surface area contributed by atoms with Gasteiger partial charge in [-0.3, -0.25) is 14.4 Å². The Kier molecular flexibility index (Phi) is 7.67. The van der Waals surface area contributed by atoms with Gasteiger partial charge in [0.2, 0.25) is 0 Å². The highest BCUT2D eigenvalue weighted by molar-refractivity contribution is 5.88. The first kappa shape index (κ1) is 17.7. The van der Waals surface area contributed by atoms with Crippen LogP contribution in [0.2, 0.25) is 0 Å². The maximum atomic E-state index is 11.6. The van der Waals surface area contributed by atoms with Crippen LogP contribution in [0.15, 0.2) is 24.3 Å². The Bertz CT molecular complexity index is 527. The van der Waals surface area contributed by atoms with Crippen LogP contribution < -0.4 is 10.1 Å². The lowest BCUT2D eigenvalue weighted by molar-refractivity contribution is -0.141. The number of Topliss-reactive ketones (excluding diaryl/α,β-unsaturated/α-hetero) is 1. The molecule has 0 spiro atoms. The van der Waals surface area contributed by atoms with Crippen LogP contribution in [0.3, 0.4) is 0 Å². The van der Waals surface area contributed by atoms with Crippen LogP contribution in [0, 0.1) is 0 Å². The molecule has 120 valence electrons. The summed E-state index contributed by atoms with van der Waals surface area (Å²) >= 11 is 0. The van der Waals surface area contributed by atoms with Crippen molar-refractivity contribution in [3.63, 3.8) is 0 Å². The summed E-state index contributed by atoms with van der Waals surface area (Å²) in [6, 6.07) is 7.48. The van der Waals surface area contributed by atoms with Gasteiger partial charge >= 0.3 is 5.97 Å². The predicted molar refractivity (Wildman–Crippen MR) is 80.6 cm³/mol. The second kappa shape index (κ2) is 9.55. The number of para-hydroxylation sites is 1. The fourth-order valence-corrected chi connectivity index (χ4v) is 1.76. The van der Waals surface area contributed by atoms with Crippen molar-refractivity contribution in [1.29, 1.82) is 0 Å². The number of amides is 1. The molecule has 0 saturated heterocycles. The number of ketones is 1. The Balaban J connectivity index is 2.29. The quantitative estimate of drug-likeness (QED) is 0.695. The number of hydrogen-bond donors (Lipinski definition) is 1. The van der Waals surface area contributed by atoms with Gasteiger partial charge in [0.25, 0.3) is 5.91 Å². The molecular weight excluding hydrogens is 286 g/mol. The lowest BCUT2D eigenvalue weighted by Crippen LogP contribution is -2.33. The monoisotopic (exact) mass is 307 g/mol. The first-order valence-corrected chi connectivity index (χ1v) is 7.12. The van der Waals surface area contributed by atoms with E-state index in [4.69, 9.17) is 4.74 Å². The number of carbonyl (C=O) groups is 3. The molecule has 0 aliphatic carbocycles. The van der Waals surface area contributed by atoms with Gasteiger partial charge in [-0.2, -0.15) is 0 Å². The summed E-state index contributed by atoms with van der Waals surface area (Å²) in [7, 11) is 1.26. The maximum Gasteiger partial charge on any atom is 0.305 e. The van der Waals surface area contributed by atoms with Crippen molar-refractivity contribution in [2.24, 2.45) is 0 Å². The zero-order chi connectivity index (χ0) is 16.4. The average Bonchev–Trinajstić information content (AvgIpc) is 2.55. The van der Waals surface area contributed by atoms with Gasteiger partial charge in [-0.1, -0.05) is 25.1 Å². The summed E-state index contributed by atoms with van der Waals surface area (Å²) in [6.45, 7) is 1.73. The van der Waals surface area contributed by atoms with Gasteiger partial charge in [0.1, 0.15) is 5.75 Å². The van der Waals surface area contributed by atoms with Gasteiger partial charge in [0.05, 0.1) is 20.1 Å². The SMILES string of the molecule is CCc1ccccc1OCC(=O)NCC(=O)CCC(=O)OC. The second-order valence-electron chi connectivity index (χ2n) is 4.64. The molecule has 1 aromatic carbocycles. The molecule has 0 fully saturated rings. The lowest BCUT2D eigenvalue weighted by atomic mass is 10.1. The highest BCUT2D eigenvalue weighted by atomic mass is 16.5. The van der Waals surface area contributed by atoms with Crippen LogP contribution in [0.1, 0.15) is 25.3 Å². The first-order chi connectivity index (χ1) is 10.6. The minimum absolute atomic E-state index is 0.0194. The normalized spacial score (nSPS) is 9.91. The molecule has 6 heteroatoms. The Morgan fingerprint density at radius 3 is 2.55 bits per heavy atom. The standard InChI is InChI=1S/C16H21NO5/c1-3-12-6-4-5-7-14(12)22-11-15(19)17-10-13(18)8-9-16(20)21-2/h4-7H,3,8-11H2,1-2H3,(H,17,19). The molecule has 0 aromatic heterocycles. The number of aryl methyl sites for hydroxylation is 1. The second-order valence-corrected chi connectivity index (χ2v) is 4.64. The van der Waals surface area contributed by atoms with Gasteiger partial charge in [0, 0.05) is 6.42 Å². The van der Waals surface area contributed by atoms with Crippen molar-refractivity contribution >= 4 is 17.7 Å². The van der Waals surface area contributed by atoms with Gasteiger partial charge in [-0.25, -0.2) is 0 Å². The van der Waals surface area contributed by atoms with Crippen LogP contribution in [0.4, 0.5) is 0 Å². The molecule has 0 atom stereocenters.